The molecule has 4 saturated carbocycles. The van der Waals surface area contributed by atoms with Gasteiger partial charge in [0.25, 0.3) is 0 Å². The zero-order valence-corrected chi connectivity index (χ0v) is 17.1. The third-order valence-corrected chi connectivity index (χ3v) is 8.27. The lowest BCUT2D eigenvalue weighted by atomic mass is 9.58. The molecular formula is C24H34N2O2. The minimum Gasteiger partial charge on any atom is -0.381 e. The first kappa shape index (κ1) is 18.6. The molecule has 1 aromatic carbocycles. The lowest BCUT2D eigenvalue weighted by Crippen LogP contribution is -2.53. The zero-order valence-electron chi connectivity index (χ0n) is 17.1. The van der Waals surface area contributed by atoms with E-state index in [4.69, 9.17) is 4.74 Å². The highest BCUT2D eigenvalue weighted by Crippen LogP contribution is 2.75. The predicted octanol–water partition coefficient (Wildman–Crippen LogP) is 3.41. The Morgan fingerprint density at radius 3 is 2.68 bits per heavy atom. The second kappa shape index (κ2) is 6.84. The van der Waals surface area contributed by atoms with Crippen LogP contribution >= 0.6 is 0 Å². The molecule has 28 heavy (non-hydrogen) atoms. The molecule has 0 aromatic heterocycles. The Kier molecular flexibility index (Phi) is 4.55. The van der Waals surface area contributed by atoms with E-state index in [2.05, 4.69) is 47.9 Å². The van der Waals surface area contributed by atoms with Crippen LogP contribution in [0.3, 0.4) is 0 Å². The van der Waals surface area contributed by atoms with Gasteiger partial charge in [-0.15, -0.1) is 0 Å². The highest BCUT2D eigenvalue weighted by Gasteiger charge is 2.71. The normalized spacial score (nSPS) is 39.4. The summed E-state index contributed by atoms with van der Waals surface area (Å²) in [5.41, 5.74) is 1.61. The van der Waals surface area contributed by atoms with Crippen molar-refractivity contribution in [2.24, 2.45) is 16.7 Å². The number of ether oxygens (including phenoxy) is 1. The van der Waals surface area contributed by atoms with Crippen LogP contribution in [0.5, 0.6) is 0 Å². The van der Waals surface area contributed by atoms with Gasteiger partial charge in [0, 0.05) is 12.6 Å². The van der Waals surface area contributed by atoms with Crippen molar-refractivity contribution in [2.45, 2.75) is 63.3 Å². The highest BCUT2D eigenvalue weighted by atomic mass is 16.5. The topological polar surface area (TPSA) is 50.4 Å². The maximum absolute atomic E-state index is 13.6. The number of piperidine rings is 1. The summed E-state index contributed by atoms with van der Waals surface area (Å²) in [7, 11) is 0. The average Bonchev–Trinajstić information content (AvgIpc) is 3.10. The van der Waals surface area contributed by atoms with Crippen molar-refractivity contribution in [3.05, 3.63) is 35.9 Å². The van der Waals surface area contributed by atoms with Gasteiger partial charge >= 0.3 is 0 Å². The Morgan fingerprint density at radius 1 is 1.14 bits per heavy atom. The van der Waals surface area contributed by atoms with Crippen LogP contribution in [0.1, 0.15) is 57.4 Å². The number of benzene rings is 1. The molecular weight excluding hydrogens is 348 g/mol. The number of nitrogens with one attached hydrogen (secondary N) is 2. The van der Waals surface area contributed by atoms with E-state index in [0.29, 0.717) is 17.9 Å². The van der Waals surface area contributed by atoms with Gasteiger partial charge in [0.2, 0.25) is 5.91 Å². The number of hydrogen-bond donors (Lipinski definition) is 2. The summed E-state index contributed by atoms with van der Waals surface area (Å²) in [5, 5.41) is 6.87. The van der Waals surface area contributed by atoms with E-state index in [1.807, 2.05) is 0 Å². The first-order chi connectivity index (χ1) is 13.6. The van der Waals surface area contributed by atoms with Crippen LogP contribution in [0.15, 0.2) is 30.3 Å². The molecule has 4 nitrogen and oxygen atoms in total. The summed E-state index contributed by atoms with van der Waals surface area (Å²) in [4.78, 5) is 13.6. The smallest absolute Gasteiger partial charge is 0.226 e. The van der Waals surface area contributed by atoms with Crippen LogP contribution in [-0.4, -0.2) is 38.3 Å². The number of rotatable bonds is 6. The van der Waals surface area contributed by atoms with E-state index in [-0.39, 0.29) is 16.2 Å². The highest BCUT2D eigenvalue weighted by molar-refractivity contribution is 5.84. The summed E-state index contributed by atoms with van der Waals surface area (Å²) in [6, 6.07) is 11.4. The van der Waals surface area contributed by atoms with Gasteiger partial charge in [-0.05, 0) is 87.3 Å². The van der Waals surface area contributed by atoms with E-state index >= 15 is 0 Å². The van der Waals surface area contributed by atoms with Crippen LogP contribution in [-0.2, 0) is 14.9 Å². The summed E-state index contributed by atoms with van der Waals surface area (Å²) < 4.78 is 5.98. The fourth-order valence-corrected chi connectivity index (χ4v) is 7.46. The third kappa shape index (κ3) is 2.83. The fraction of sp³-hybridized carbons (Fsp3) is 0.708. The van der Waals surface area contributed by atoms with Gasteiger partial charge in [-0.1, -0.05) is 30.3 Å². The monoisotopic (exact) mass is 382 g/mol. The fourth-order valence-electron chi connectivity index (χ4n) is 7.46. The number of carbonyl (C=O) groups is 1. The minimum absolute atomic E-state index is 0.169. The summed E-state index contributed by atoms with van der Waals surface area (Å²) in [6.45, 7) is 5.70. The van der Waals surface area contributed by atoms with E-state index in [1.54, 1.807) is 0 Å². The summed E-state index contributed by atoms with van der Waals surface area (Å²) in [6.07, 6.45) is 7.63. The van der Waals surface area contributed by atoms with Gasteiger partial charge in [-0.3, -0.25) is 4.79 Å². The Morgan fingerprint density at radius 2 is 1.93 bits per heavy atom. The maximum Gasteiger partial charge on any atom is 0.226 e. The Bertz CT molecular complexity index is 731. The van der Waals surface area contributed by atoms with Crippen molar-refractivity contribution >= 4 is 5.91 Å². The van der Waals surface area contributed by atoms with Gasteiger partial charge in [-0.25, -0.2) is 0 Å². The molecule has 2 unspecified atom stereocenters. The molecule has 2 N–H and O–H groups in total. The van der Waals surface area contributed by atoms with Gasteiger partial charge in [0.15, 0.2) is 0 Å². The van der Waals surface area contributed by atoms with E-state index in [0.717, 1.165) is 58.4 Å². The first-order valence-electron chi connectivity index (χ1n) is 11.2. The minimum atomic E-state index is -0.195. The van der Waals surface area contributed by atoms with Crippen LogP contribution in [0.25, 0.3) is 0 Å². The molecule has 5 fully saturated rings. The molecule has 4 aliphatic carbocycles. The van der Waals surface area contributed by atoms with Gasteiger partial charge < -0.3 is 15.4 Å². The second-order valence-electron chi connectivity index (χ2n) is 10.1. The van der Waals surface area contributed by atoms with Crippen LogP contribution in [0.2, 0.25) is 0 Å². The van der Waals surface area contributed by atoms with Crippen molar-refractivity contribution in [1.29, 1.82) is 0 Å². The van der Waals surface area contributed by atoms with Crippen molar-refractivity contribution in [2.75, 3.05) is 26.3 Å². The molecule has 1 amide bonds. The van der Waals surface area contributed by atoms with Crippen molar-refractivity contribution in [1.82, 2.24) is 10.6 Å². The predicted molar refractivity (Wildman–Crippen MR) is 110 cm³/mol. The van der Waals surface area contributed by atoms with Crippen molar-refractivity contribution in [3.8, 4) is 0 Å². The van der Waals surface area contributed by atoms with Gasteiger partial charge in [0.05, 0.1) is 12.0 Å². The lowest BCUT2D eigenvalue weighted by Gasteiger charge is -2.47. The van der Waals surface area contributed by atoms with E-state index < -0.39 is 0 Å². The van der Waals surface area contributed by atoms with Gasteiger partial charge in [-0.2, -0.15) is 0 Å². The molecule has 4 atom stereocenters. The molecule has 1 aromatic rings. The summed E-state index contributed by atoms with van der Waals surface area (Å²) in [5.74, 6) is 0.949. The van der Waals surface area contributed by atoms with Crippen LogP contribution < -0.4 is 10.6 Å². The van der Waals surface area contributed by atoms with E-state index in [9.17, 15) is 4.79 Å². The molecule has 4 bridgehead atoms. The number of amides is 1. The van der Waals surface area contributed by atoms with E-state index in [1.165, 1.54) is 18.4 Å². The van der Waals surface area contributed by atoms with Crippen LogP contribution in [0.4, 0.5) is 0 Å². The molecule has 1 saturated heterocycles. The lowest BCUT2D eigenvalue weighted by molar-refractivity contribution is -0.139. The quantitative estimate of drug-likeness (QED) is 0.793. The standard InChI is InChI=1S/C24H34N2O2/c1-2-28-17-22-12-19-13-23(14-22,21(27)26-20-8-10-25-11-9-20)16-24(19,15-22)18-6-4-3-5-7-18/h3-7,19-20,25H,2,8-17H2,1H3,(H,26,27)/t19?,22-,23?,24+/m1/s1. The van der Waals surface area contributed by atoms with Crippen LogP contribution in [0, 0.1) is 16.7 Å². The second-order valence-corrected chi connectivity index (χ2v) is 10.1. The molecule has 0 spiro atoms. The first-order valence-corrected chi connectivity index (χ1v) is 11.2. The molecule has 152 valence electrons. The molecule has 4 heteroatoms. The molecule has 0 radical (unpaired) electrons. The SMILES string of the molecule is CCOC[C@]12CC3CC(C(=O)NC4CCNCC4)(C1)C[C@]3(c1ccccc1)C2. The Hall–Kier alpha value is -1.39. The molecule has 1 aliphatic heterocycles. The van der Waals surface area contributed by atoms with Gasteiger partial charge in [0.1, 0.15) is 0 Å². The molecule has 5 aliphatic rings. The number of hydrogen-bond acceptors (Lipinski definition) is 3. The Balaban J connectivity index is 1.45. The average molecular weight is 383 g/mol. The largest absolute Gasteiger partial charge is 0.381 e. The van der Waals surface area contributed by atoms with Crippen molar-refractivity contribution in [3.63, 3.8) is 0 Å². The Labute approximate surface area is 168 Å². The molecule has 6 rings (SSSR count). The third-order valence-electron chi connectivity index (χ3n) is 8.27. The van der Waals surface area contributed by atoms with Crippen molar-refractivity contribution < 1.29 is 9.53 Å². The zero-order chi connectivity index (χ0) is 19.2. The summed E-state index contributed by atoms with van der Waals surface area (Å²) >= 11 is 0. The number of carbonyl (C=O) groups excluding carboxylic acids is 1. The molecule has 1 heterocycles. The maximum atomic E-state index is 13.6.